The highest BCUT2D eigenvalue weighted by molar-refractivity contribution is 5.84. The second kappa shape index (κ2) is 5.60. The highest BCUT2D eigenvalue weighted by Gasteiger charge is 2.18. The lowest BCUT2D eigenvalue weighted by atomic mass is 10.1. The first-order valence-corrected chi connectivity index (χ1v) is 5.81. The summed E-state index contributed by atoms with van der Waals surface area (Å²) >= 11 is 0. The van der Waals surface area contributed by atoms with Gasteiger partial charge < -0.3 is 14.2 Å². The summed E-state index contributed by atoms with van der Waals surface area (Å²) in [4.78, 5) is 11.0. The second-order valence-electron chi connectivity index (χ2n) is 3.98. The van der Waals surface area contributed by atoms with Crippen molar-refractivity contribution in [1.82, 2.24) is 15.0 Å². The summed E-state index contributed by atoms with van der Waals surface area (Å²) in [5.41, 5.74) is 1.54. The van der Waals surface area contributed by atoms with Gasteiger partial charge in [-0.2, -0.15) is 0 Å². The number of rotatable bonds is 5. The SMILES string of the molecule is COc1cc(-c2c(C=O)nnn2C)cc(OC)c1OC. The fraction of sp³-hybridized carbons (Fsp3) is 0.308. The van der Waals surface area contributed by atoms with Gasteiger partial charge in [0, 0.05) is 12.6 Å². The molecule has 2 rings (SSSR count). The molecule has 0 amide bonds. The zero-order valence-electron chi connectivity index (χ0n) is 11.7. The zero-order chi connectivity index (χ0) is 14.7. The summed E-state index contributed by atoms with van der Waals surface area (Å²) in [6, 6.07) is 3.49. The lowest BCUT2D eigenvalue weighted by molar-refractivity contribution is 0.111. The molecule has 7 heteroatoms. The van der Waals surface area contributed by atoms with Crippen LogP contribution in [0, 0.1) is 0 Å². The molecule has 0 saturated heterocycles. The maximum Gasteiger partial charge on any atom is 0.203 e. The molecule has 0 atom stereocenters. The first kappa shape index (κ1) is 13.9. The molecule has 0 fully saturated rings. The van der Waals surface area contributed by atoms with E-state index >= 15 is 0 Å². The van der Waals surface area contributed by atoms with Crippen LogP contribution < -0.4 is 14.2 Å². The van der Waals surface area contributed by atoms with Gasteiger partial charge in [0.2, 0.25) is 5.75 Å². The first-order valence-electron chi connectivity index (χ1n) is 5.81. The Kier molecular flexibility index (Phi) is 3.88. The molecule has 0 bridgehead atoms. The number of nitrogens with zero attached hydrogens (tertiary/aromatic N) is 3. The van der Waals surface area contributed by atoms with Crippen LogP contribution >= 0.6 is 0 Å². The molecular formula is C13H15N3O4. The zero-order valence-corrected chi connectivity index (χ0v) is 11.7. The third kappa shape index (κ3) is 2.18. The molecule has 0 unspecified atom stereocenters. The Morgan fingerprint density at radius 1 is 1.10 bits per heavy atom. The quantitative estimate of drug-likeness (QED) is 0.767. The van der Waals surface area contributed by atoms with E-state index in [9.17, 15) is 4.79 Å². The molecule has 0 aliphatic heterocycles. The van der Waals surface area contributed by atoms with Crippen molar-refractivity contribution in [2.45, 2.75) is 0 Å². The van der Waals surface area contributed by atoms with Crippen molar-refractivity contribution in [3.05, 3.63) is 17.8 Å². The number of hydrogen-bond donors (Lipinski definition) is 0. The van der Waals surface area contributed by atoms with Crippen molar-refractivity contribution in [2.75, 3.05) is 21.3 Å². The van der Waals surface area contributed by atoms with E-state index in [1.165, 1.54) is 26.0 Å². The minimum atomic E-state index is 0.252. The Hall–Kier alpha value is -2.57. The van der Waals surface area contributed by atoms with E-state index in [1.807, 2.05) is 0 Å². The molecular weight excluding hydrogens is 262 g/mol. The Balaban J connectivity index is 2.69. The predicted molar refractivity (Wildman–Crippen MR) is 71.5 cm³/mol. The molecule has 0 spiro atoms. The monoisotopic (exact) mass is 277 g/mol. The van der Waals surface area contributed by atoms with Gasteiger partial charge in [0.25, 0.3) is 0 Å². The van der Waals surface area contributed by atoms with E-state index in [0.29, 0.717) is 34.8 Å². The van der Waals surface area contributed by atoms with Crippen molar-refractivity contribution in [2.24, 2.45) is 7.05 Å². The van der Waals surface area contributed by atoms with E-state index in [-0.39, 0.29) is 5.69 Å². The van der Waals surface area contributed by atoms with E-state index in [1.54, 1.807) is 19.2 Å². The Morgan fingerprint density at radius 2 is 1.70 bits per heavy atom. The van der Waals surface area contributed by atoms with Crippen molar-refractivity contribution >= 4 is 6.29 Å². The smallest absolute Gasteiger partial charge is 0.203 e. The van der Waals surface area contributed by atoms with Crippen LogP contribution in [0.5, 0.6) is 17.2 Å². The average molecular weight is 277 g/mol. The van der Waals surface area contributed by atoms with Crippen LogP contribution in [-0.4, -0.2) is 42.6 Å². The molecule has 106 valence electrons. The molecule has 0 radical (unpaired) electrons. The van der Waals surface area contributed by atoms with Crippen LogP contribution in [0.25, 0.3) is 11.3 Å². The standard InChI is InChI=1S/C13H15N3O4/c1-16-12(9(7-17)14-15-16)8-5-10(18-2)13(20-4)11(6-8)19-3/h5-7H,1-4H3. The van der Waals surface area contributed by atoms with Crippen molar-refractivity contribution in [3.63, 3.8) is 0 Å². The fourth-order valence-electron chi connectivity index (χ4n) is 2.01. The van der Waals surface area contributed by atoms with Gasteiger partial charge in [-0.1, -0.05) is 5.21 Å². The highest BCUT2D eigenvalue weighted by atomic mass is 16.5. The number of carbonyl (C=O) groups excluding carboxylic acids is 1. The normalized spacial score (nSPS) is 10.2. The molecule has 0 aliphatic rings. The maximum absolute atomic E-state index is 11.0. The van der Waals surface area contributed by atoms with Gasteiger partial charge in [-0.15, -0.1) is 5.10 Å². The maximum atomic E-state index is 11.0. The van der Waals surface area contributed by atoms with Crippen molar-refractivity contribution in [3.8, 4) is 28.5 Å². The predicted octanol–water partition coefficient (Wildman–Crippen LogP) is 1.32. The summed E-state index contributed by atoms with van der Waals surface area (Å²) < 4.78 is 17.4. The number of hydrogen-bond acceptors (Lipinski definition) is 6. The Morgan fingerprint density at radius 3 is 2.15 bits per heavy atom. The topological polar surface area (TPSA) is 75.5 Å². The van der Waals surface area contributed by atoms with E-state index in [2.05, 4.69) is 10.3 Å². The summed E-state index contributed by atoms with van der Waals surface area (Å²) in [7, 11) is 6.30. The number of aromatic nitrogens is 3. The van der Waals surface area contributed by atoms with Gasteiger partial charge in [0.15, 0.2) is 23.5 Å². The lowest BCUT2D eigenvalue weighted by Crippen LogP contribution is -1.99. The molecule has 2 aromatic rings. The van der Waals surface area contributed by atoms with E-state index in [4.69, 9.17) is 14.2 Å². The minimum absolute atomic E-state index is 0.252. The summed E-state index contributed by atoms with van der Waals surface area (Å²) in [5.74, 6) is 1.49. The molecule has 1 heterocycles. The molecule has 20 heavy (non-hydrogen) atoms. The van der Waals surface area contributed by atoms with Crippen molar-refractivity contribution in [1.29, 1.82) is 0 Å². The van der Waals surface area contributed by atoms with Crippen molar-refractivity contribution < 1.29 is 19.0 Å². The molecule has 7 nitrogen and oxygen atoms in total. The van der Waals surface area contributed by atoms with Gasteiger partial charge in [-0.3, -0.25) is 4.79 Å². The van der Waals surface area contributed by atoms with Gasteiger partial charge >= 0.3 is 0 Å². The molecule has 1 aromatic heterocycles. The third-order valence-corrected chi connectivity index (χ3v) is 2.90. The second-order valence-corrected chi connectivity index (χ2v) is 3.98. The lowest BCUT2D eigenvalue weighted by Gasteiger charge is -2.14. The third-order valence-electron chi connectivity index (χ3n) is 2.90. The minimum Gasteiger partial charge on any atom is -0.493 e. The Bertz CT molecular complexity index is 612. The number of aldehydes is 1. The summed E-state index contributed by atoms with van der Waals surface area (Å²) in [6.45, 7) is 0. The number of methoxy groups -OCH3 is 3. The van der Waals surface area contributed by atoms with Crippen LogP contribution in [0.3, 0.4) is 0 Å². The number of carbonyl (C=O) groups is 1. The molecule has 0 aliphatic carbocycles. The highest BCUT2D eigenvalue weighted by Crippen LogP contribution is 2.41. The van der Waals surface area contributed by atoms with Gasteiger partial charge in [0.05, 0.1) is 27.0 Å². The number of aryl methyl sites for hydroxylation is 1. The van der Waals surface area contributed by atoms with Crippen LogP contribution in [0.1, 0.15) is 10.5 Å². The van der Waals surface area contributed by atoms with Crippen LogP contribution in [0.4, 0.5) is 0 Å². The molecule has 1 aromatic carbocycles. The number of benzene rings is 1. The van der Waals surface area contributed by atoms with E-state index in [0.717, 1.165) is 0 Å². The van der Waals surface area contributed by atoms with Gasteiger partial charge in [0.1, 0.15) is 0 Å². The summed E-state index contributed by atoms with van der Waals surface area (Å²) in [6.07, 6.45) is 0.658. The average Bonchev–Trinajstić information content (AvgIpc) is 2.86. The molecule has 0 saturated carbocycles. The van der Waals surface area contributed by atoms with Crippen LogP contribution in [0.2, 0.25) is 0 Å². The van der Waals surface area contributed by atoms with E-state index < -0.39 is 0 Å². The first-order chi connectivity index (χ1) is 9.65. The number of ether oxygens (including phenoxy) is 3. The summed E-state index contributed by atoms with van der Waals surface area (Å²) in [5, 5.41) is 7.64. The fourth-order valence-corrected chi connectivity index (χ4v) is 2.01. The molecule has 0 N–H and O–H groups in total. The Labute approximate surface area is 116 Å². The van der Waals surface area contributed by atoms with Gasteiger partial charge in [-0.05, 0) is 12.1 Å². The van der Waals surface area contributed by atoms with Gasteiger partial charge in [-0.25, -0.2) is 4.68 Å². The largest absolute Gasteiger partial charge is 0.493 e. The van der Waals surface area contributed by atoms with Crippen LogP contribution in [-0.2, 0) is 7.05 Å². The van der Waals surface area contributed by atoms with Crippen LogP contribution in [0.15, 0.2) is 12.1 Å².